The molecule has 0 bridgehead atoms. The summed E-state index contributed by atoms with van der Waals surface area (Å²) in [6.45, 7) is 8.29. The van der Waals surface area contributed by atoms with Crippen molar-refractivity contribution in [2.24, 2.45) is 7.05 Å². The van der Waals surface area contributed by atoms with Crippen LogP contribution in [0.15, 0.2) is 48.5 Å². The lowest BCUT2D eigenvalue weighted by Gasteiger charge is -2.15. The van der Waals surface area contributed by atoms with Crippen molar-refractivity contribution in [3.8, 4) is 0 Å². The number of nitrogens with one attached hydrogen (secondary N) is 1. The van der Waals surface area contributed by atoms with Crippen LogP contribution >= 0.6 is 0 Å². The second-order valence-electron chi connectivity index (χ2n) is 7.58. The van der Waals surface area contributed by atoms with E-state index in [9.17, 15) is 4.79 Å². The van der Waals surface area contributed by atoms with Gasteiger partial charge < -0.3 is 14.5 Å². The van der Waals surface area contributed by atoms with Gasteiger partial charge in [-0.25, -0.2) is 0 Å². The molecule has 4 heteroatoms. The Hall–Kier alpha value is -3.01. The van der Waals surface area contributed by atoms with Crippen molar-refractivity contribution in [2.45, 2.75) is 33.7 Å². The largest absolute Gasteiger partial charge is 0.342 e. The number of rotatable bonds is 3. The monoisotopic (exact) mass is 359 g/mol. The second-order valence-corrected chi connectivity index (χ2v) is 7.58. The molecular weight excluding hydrogens is 334 g/mol. The summed E-state index contributed by atoms with van der Waals surface area (Å²) in [5, 5.41) is 4.29. The van der Waals surface area contributed by atoms with E-state index in [-0.39, 0.29) is 11.9 Å². The molecule has 1 N–H and O–H groups in total. The van der Waals surface area contributed by atoms with E-state index in [1.54, 1.807) is 0 Å². The summed E-state index contributed by atoms with van der Waals surface area (Å²) in [5.74, 6) is -0.0716. The highest BCUT2D eigenvalue weighted by Gasteiger charge is 2.22. The predicted molar refractivity (Wildman–Crippen MR) is 113 cm³/mol. The van der Waals surface area contributed by atoms with Crippen molar-refractivity contribution < 1.29 is 4.79 Å². The molecule has 0 radical (unpaired) electrons. The molecular formula is C23H25N3O. The Kier molecular flexibility index (Phi) is 4.06. The van der Waals surface area contributed by atoms with Crippen LogP contribution in [0.3, 0.4) is 0 Å². The minimum atomic E-state index is -0.0716. The normalized spacial score (nSPS) is 11.6. The molecule has 0 aliphatic heterocycles. The van der Waals surface area contributed by atoms with Crippen LogP contribution in [0, 0.1) is 13.8 Å². The first-order valence-corrected chi connectivity index (χ1v) is 9.35. The third-order valence-corrected chi connectivity index (χ3v) is 5.29. The molecule has 4 nitrogen and oxygen atoms in total. The summed E-state index contributed by atoms with van der Waals surface area (Å²) < 4.78 is 4.32. The van der Waals surface area contributed by atoms with Crippen molar-refractivity contribution in [1.29, 1.82) is 0 Å². The maximum atomic E-state index is 13.2. The van der Waals surface area contributed by atoms with Gasteiger partial charge in [0.05, 0.1) is 16.6 Å². The van der Waals surface area contributed by atoms with Gasteiger partial charge in [-0.2, -0.15) is 0 Å². The van der Waals surface area contributed by atoms with Crippen LogP contribution in [0.2, 0.25) is 0 Å². The average molecular weight is 359 g/mol. The van der Waals surface area contributed by atoms with E-state index in [2.05, 4.69) is 65.7 Å². The van der Waals surface area contributed by atoms with Crippen LogP contribution in [-0.4, -0.2) is 15.0 Å². The Labute approximate surface area is 159 Å². The minimum absolute atomic E-state index is 0.0716. The number of hydrogen-bond acceptors (Lipinski definition) is 1. The Morgan fingerprint density at radius 3 is 2.48 bits per heavy atom. The standard InChI is InChI=1S/C23H25N3O/c1-14(2)26-21(23(27)24-18-12-15(3)10-11-16(18)4)13-20-22(26)17-8-6-7-9-19(17)25(20)5/h6-14H,1-5H3,(H,24,27). The number of nitrogens with zero attached hydrogens (tertiary/aromatic N) is 2. The number of carbonyl (C=O) groups excluding carboxylic acids is 1. The predicted octanol–water partition coefficient (Wildman–Crippen LogP) is 5.58. The molecule has 0 fully saturated rings. The molecule has 0 aliphatic rings. The first kappa shape index (κ1) is 17.4. The molecule has 0 atom stereocenters. The van der Waals surface area contributed by atoms with Crippen LogP contribution in [-0.2, 0) is 7.05 Å². The molecule has 2 aromatic carbocycles. The molecule has 4 aromatic rings. The molecule has 0 spiro atoms. The Morgan fingerprint density at radius 2 is 1.74 bits per heavy atom. The average Bonchev–Trinajstić information content (AvgIpc) is 3.15. The third kappa shape index (κ3) is 2.72. The highest BCUT2D eigenvalue weighted by Crippen LogP contribution is 2.33. The second kappa shape index (κ2) is 6.31. The van der Waals surface area contributed by atoms with Gasteiger partial charge in [0.25, 0.3) is 5.91 Å². The van der Waals surface area contributed by atoms with Crippen molar-refractivity contribution in [3.63, 3.8) is 0 Å². The zero-order chi connectivity index (χ0) is 19.3. The zero-order valence-corrected chi connectivity index (χ0v) is 16.5. The summed E-state index contributed by atoms with van der Waals surface area (Å²) >= 11 is 0. The topological polar surface area (TPSA) is 39.0 Å². The zero-order valence-electron chi connectivity index (χ0n) is 16.5. The molecule has 0 saturated carbocycles. The van der Waals surface area contributed by atoms with Gasteiger partial charge in [0.2, 0.25) is 0 Å². The lowest BCUT2D eigenvalue weighted by Crippen LogP contribution is -2.18. The van der Waals surface area contributed by atoms with Gasteiger partial charge in [0.15, 0.2) is 0 Å². The number of aromatic nitrogens is 2. The number of hydrogen-bond donors (Lipinski definition) is 1. The van der Waals surface area contributed by atoms with E-state index < -0.39 is 0 Å². The lowest BCUT2D eigenvalue weighted by atomic mass is 10.1. The summed E-state index contributed by atoms with van der Waals surface area (Å²) in [6.07, 6.45) is 0. The van der Waals surface area contributed by atoms with Crippen LogP contribution in [0.1, 0.15) is 41.5 Å². The van der Waals surface area contributed by atoms with Crippen LogP contribution in [0.25, 0.3) is 21.9 Å². The first-order chi connectivity index (χ1) is 12.9. The number of carbonyl (C=O) groups is 1. The summed E-state index contributed by atoms with van der Waals surface area (Å²) in [4.78, 5) is 13.2. The highest BCUT2D eigenvalue weighted by molar-refractivity contribution is 6.12. The number of benzene rings is 2. The quantitative estimate of drug-likeness (QED) is 0.509. The smallest absolute Gasteiger partial charge is 0.272 e. The lowest BCUT2D eigenvalue weighted by molar-refractivity contribution is 0.101. The van der Waals surface area contributed by atoms with E-state index in [0.29, 0.717) is 5.69 Å². The van der Waals surface area contributed by atoms with Gasteiger partial charge in [0.1, 0.15) is 5.69 Å². The molecule has 0 unspecified atom stereocenters. The van der Waals surface area contributed by atoms with E-state index in [0.717, 1.165) is 27.8 Å². The summed E-state index contributed by atoms with van der Waals surface area (Å²) in [5.41, 5.74) is 7.13. The minimum Gasteiger partial charge on any atom is -0.342 e. The van der Waals surface area contributed by atoms with Crippen molar-refractivity contribution in [3.05, 3.63) is 65.4 Å². The van der Waals surface area contributed by atoms with Crippen LogP contribution in [0.5, 0.6) is 0 Å². The van der Waals surface area contributed by atoms with E-state index in [1.165, 1.54) is 10.9 Å². The van der Waals surface area contributed by atoms with Gasteiger partial charge in [-0.05, 0) is 57.0 Å². The van der Waals surface area contributed by atoms with E-state index in [1.807, 2.05) is 32.0 Å². The molecule has 1 amide bonds. The Morgan fingerprint density at radius 1 is 1.00 bits per heavy atom. The SMILES string of the molecule is Cc1ccc(C)c(NC(=O)c2cc3c(c4ccccc4n3C)n2C(C)C)c1. The molecule has 27 heavy (non-hydrogen) atoms. The van der Waals surface area contributed by atoms with Gasteiger partial charge >= 0.3 is 0 Å². The summed E-state index contributed by atoms with van der Waals surface area (Å²) in [7, 11) is 2.06. The van der Waals surface area contributed by atoms with Crippen molar-refractivity contribution in [2.75, 3.05) is 5.32 Å². The first-order valence-electron chi connectivity index (χ1n) is 9.35. The van der Waals surface area contributed by atoms with Gasteiger partial charge in [0, 0.05) is 24.2 Å². The molecule has 4 rings (SSSR count). The number of amides is 1. The van der Waals surface area contributed by atoms with Gasteiger partial charge in [-0.1, -0.05) is 30.3 Å². The Balaban J connectivity index is 1.89. The fourth-order valence-corrected chi connectivity index (χ4v) is 3.90. The maximum Gasteiger partial charge on any atom is 0.272 e. The maximum absolute atomic E-state index is 13.2. The van der Waals surface area contributed by atoms with Gasteiger partial charge in [-0.15, -0.1) is 0 Å². The van der Waals surface area contributed by atoms with Crippen molar-refractivity contribution >= 4 is 33.5 Å². The van der Waals surface area contributed by atoms with Gasteiger partial charge in [-0.3, -0.25) is 4.79 Å². The van der Waals surface area contributed by atoms with Crippen LogP contribution in [0.4, 0.5) is 5.69 Å². The van der Waals surface area contributed by atoms with E-state index >= 15 is 0 Å². The fourth-order valence-electron chi connectivity index (χ4n) is 3.90. The number of aryl methyl sites for hydroxylation is 3. The van der Waals surface area contributed by atoms with Crippen LogP contribution < -0.4 is 5.32 Å². The summed E-state index contributed by atoms with van der Waals surface area (Å²) in [6, 6.07) is 16.6. The third-order valence-electron chi connectivity index (χ3n) is 5.29. The molecule has 138 valence electrons. The number of para-hydroxylation sites is 1. The molecule has 0 aliphatic carbocycles. The van der Waals surface area contributed by atoms with Crippen molar-refractivity contribution in [1.82, 2.24) is 9.13 Å². The highest BCUT2D eigenvalue weighted by atomic mass is 16.2. The number of fused-ring (bicyclic) bond motifs is 3. The molecule has 2 heterocycles. The fraction of sp³-hybridized carbons (Fsp3) is 0.261. The Bertz CT molecular complexity index is 1180. The molecule has 2 aromatic heterocycles. The number of anilines is 1. The molecule has 0 saturated heterocycles. The van der Waals surface area contributed by atoms with E-state index in [4.69, 9.17) is 0 Å².